The van der Waals surface area contributed by atoms with Gasteiger partial charge in [0.05, 0.1) is 6.04 Å². The monoisotopic (exact) mass is 224 g/mol. The second-order valence-corrected chi connectivity index (χ2v) is 5.33. The summed E-state index contributed by atoms with van der Waals surface area (Å²) in [6.07, 6.45) is 8.91. The molecule has 4 heteroatoms. The minimum Gasteiger partial charge on any atom is -0.353 e. The molecule has 2 fully saturated rings. The van der Waals surface area contributed by atoms with Gasteiger partial charge in [0.15, 0.2) is 0 Å². The van der Waals surface area contributed by atoms with Gasteiger partial charge >= 0.3 is 0 Å². The van der Waals surface area contributed by atoms with Crippen LogP contribution in [0.15, 0.2) is 4.99 Å². The van der Waals surface area contributed by atoms with E-state index in [0.29, 0.717) is 12.1 Å². The summed E-state index contributed by atoms with van der Waals surface area (Å²) in [5, 5.41) is 3.39. The van der Waals surface area contributed by atoms with Crippen LogP contribution in [-0.4, -0.2) is 18.0 Å². The second kappa shape index (κ2) is 5.53. The highest BCUT2D eigenvalue weighted by Gasteiger charge is 2.26. The van der Waals surface area contributed by atoms with Gasteiger partial charge in [0, 0.05) is 6.04 Å². The van der Waals surface area contributed by atoms with E-state index in [1.807, 2.05) is 0 Å². The molecule has 92 valence electrons. The molecule has 0 atom stereocenters. The van der Waals surface area contributed by atoms with E-state index < -0.39 is 0 Å². The van der Waals surface area contributed by atoms with E-state index in [1.165, 1.54) is 44.9 Å². The molecule has 0 amide bonds. The summed E-state index contributed by atoms with van der Waals surface area (Å²) in [6, 6.07) is 1.05. The molecule has 16 heavy (non-hydrogen) atoms. The van der Waals surface area contributed by atoms with Crippen molar-refractivity contribution in [3.05, 3.63) is 0 Å². The normalized spacial score (nSPS) is 32.0. The summed E-state index contributed by atoms with van der Waals surface area (Å²) in [6.45, 7) is 2.28. The number of aliphatic imine (C=N–C) groups is 1. The Labute approximate surface area is 98.0 Å². The molecule has 0 aromatic heterocycles. The molecule has 0 heterocycles. The van der Waals surface area contributed by atoms with Crippen LogP contribution in [0.4, 0.5) is 0 Å². The first-order chi connectivity index (χ1) is 7.78. The van der Waals surface area contributed by atoms with E-state index in [-0.39, 0.29) is 0 Å². The molecule has 0 bridgehead atoms. The highest BCUT2D eigenvalue weighted by molar-refractivity contribution is 5.79. The van der Waals surface area contributed by atoms with Gasteiger partial charge in [0.1, 0.15) is 0 Å². The quantitative estimate of drug-likeness (QED) is 0.288. The van der Waals surface area contributed by atoms with Crippen LogP contribution in [0.1, 0.15) is 51.9 Å². The zero-order valence-electron chi connectivity index (χ0n) is 10.2. The van der Waals surface area contributed by atoms with Crippen molar-refractivity contribution in [2.45, 2.75) is 64.0 Å². The van der Waals surface area contributed by atoms with E-state index >= 15 is 0 Å². The van der Waals surface area contributed by atoms with Crippen molar-refractivity contribution in [1.82, 2.24) is 10.7 Å². The maximum Gasteiger partial charge on any atom is 0.206 e. The maximum atomic E-state index is 5.51. The molecule has 0 aromatic carbocycles. The Hall–Kier alpha value is -0.770. The molecule has 2 rings (SSSR count). The van der Waals surface area contributed by atoms with E-state index in [0.717, 1.165) is 11.9 Å². The highest BCUT2D eigenvalue weighted by atomic mass is 15.3. The van der Waals surface area contributed by atoms with Crippen LogP contribution in [0.5, 0.6) is 0 Å². The molecule has 0 radical (unpaired) electrons. The number of guanidine groups is 1. The molecule has 4 N–H and O–H groups in total. The number of nitrogens with zero attached hydrogens (tertiary/aromatic N) is 1. The summed E-state index contributed by atoms with van der Waals surface area (Å²) in [5.74, 6) is 7.16. The minimum absolute atomic E-state index is 0.477. The third-order valence-electron chi connectivity index (χ3n) is 3.74. The van der Waals surface area contributed by atoms with Crippen LogP contribution >= 0.6 is 0 Å². The lowest BCUT2D eigenvalue weighted by atomic mass is 9.82. The van der Waals surface area contributed by atoms with Crippen molar-refractivity contribution >= 4 is 5.96 Å². The molecule has 0 aliphatic heterocycles. The summed E-state index contributed by atoms with van der Waals surface area (Å²) in [4.78, 5) is 4.67. The van der Waals surface area contributed by atoms with Crippen molar-refractivity contribution in [2.75, 3.05) is 0 Å². The molecular weight excluding hydrogens is 200 g/mol. The first-order valence-electron chi connectivity index (χ1n) is 6.59. The van der Waals surface area contributed by atoms with Gasteiger partial charge < -0.3 is 5.32 Å². The predicted octanol–water partition coefficient (Wildman–Crippen LogP) is 1.53. The fraction of sp³-hybridized carbons (Fsp3) is 0.917. The molecule has 0 spiro atoms. The van der Waals surface area contributed by atoms with Gasteiger partial charge in [0.2, 0.25) is 5.96 Å². The van der Waals surface area contributed by atoms with Gasteiger partial charge in [0.25, 0.3) is 0 Å². The van der Waals surface area contributed by atoms with Gasteiger partial charge in [-0.2, -0.15) is 0 Å². The zero-order chi connectivity index (χ0) is 11.4. The van der Waals surface area contributed by atoms with Crippen molar-refractivity contribution in [3.8, 4) is 0 Å². The summed E-state index contributed by atoms with van der Waals surface area (Å²) < 4.78 is 0. The lowest BCUT2D eigenvalue weighted by Gasteiger charge is -2.34. The molecule has 0 unspecified atom stereocenters. The van der Waals surface area contributed by atoms with Gasteiger partial charge in [-0.1, -0.05) is 26.2 Å². The molecular formula is C12H24N4. The predicted molar refractivity (Wildman–Crippen MR) is 67.0 cm³/mol. The summed E-state index contributed by atoms with van der Waals surface area (Å²) in [7, 11) is 0. The Morgan fingerprint density at radius 1 is 1.19 bits per heavy atom. The minimum atomic E-state index is 0.477. The average Bonchev–Trinajstić information content (AvgIpc) is 2.27. The standard InChI is InChI=1S/C12H24N4/c1-9-7-11(8-9)15-12(16-13)14-10-5-3-2-4-6-10/h9-11H,2-8,13H2,1H3,(H2,14,15,16). The van der Waals surface area contributed by atoms with Crippen LogP contribution in [0.3, 0.4) is 0 Å². The summed E-state index contributed by atoms with van der Waals surface area (Å²) in [5.41, 5.74) is 2.70. The molecule has 0 aromatic rings. The van der Waals surface area contributed by atoms with Crippen molar-refractivity contribution in [1.29, 1.82) is 0 Å². The number of hydrazine groups is 1. The zero-order valence-corrected chi connectivity index (χ0v) is 10.2. The van der Waals surface area contributed by atoms with E-state index in [2.05, 4.69) is 22.7 Å². The number of nitrogens with two attached hydrogens (primary N) is 1. The summed E-state index contributed by atoms with van der Waals surface area (Å²) >= 11 is 0. The fourth-order valence-corrected chi connectivity index (χ4v) is 2.72. The Bertz CT molecular complexity index is 239. The van der Waals surface area contributed by atoms with Crippen molar-refractivity contribution < 1.29 is 0 Å². The first kappa shape index (κ1) is 11.7. The lowest BCUT2D eigenvalue weighted by molar-refractivity contribution is 0.265. The SMILES string of the molecule is CC1CC(NC(=NC2CCCCC2)NN)C1. The van der Waals surface area contributed by atoms with Gasteiger partial charge in [-0.15, -0.1) is 0 Å². The molecule has 4 nitrogen and oxygen atoms in total. The van der Waals surface area contributed by atoms with Gasteiger partial charge in [-0.3, -0.25) is 5.43 Å². The van der Waals surface area contributed by atoms with Crippen LogP contribution in [0, 0.1) is 5.92 Å². The van der Waals surface area contributed by atoms with E-state index in [9.17, 15) is 0 Å². The number of hydrogen-bond acceptors (Lipinski definition) is 2. The Morgan fingerprint density at radius 3 is 2.44 bits per heavy atom. The van der Waals surface area contributed by atoms with Crippen LogP contribution in [0.2, 0.25) is 0 Å². The largest absolute Gasteiger partial charge is 0.353 e. The van der Waals surface area contributed by atoms with Crippen LogP contribution < -0.4 is 16.6 Å². The Balaban J connectivity index is 1.80. The molecule has 2 aliphatic carbocycles. The first-order valence-corrected chi connectivity index (χ1v) is 6.59. The fourth-order valence-electron chi connectivity index (χ4n) is 2.72. The maximum absolute atomic E-state index is 5.51. The Kier molecular flexibility index (Phi) is 4.04. The topological polar surface area (TPSA) is 62.4 Å². The average molecular weight is 224 g/mol. The third kappa shape index (κ3) is 3.11. The van der Waals surface area contributed by atoms with Crippen molar-refractivity contribution in [2.24, 2.45) is 16.8 Å². The van der Waals surface area contributed by atoms with Gasteiger partial charge in [-0.05, 0) is 31.6 Å². The lowest BCUT2D eigenvalue weighted by Crippen LogP contribution is -2.51. The number of hydrogen-bond donors (Lipinski definition) is 3. The second-order valence-electron chi connectivity index (χ2n) is 5.33. The number of rotatable bonds is 2. The van der Waals surface area contributed by atoms with Crippen molar-refractivity contribution in [3.63, 3.8) is 0 Å². The van der Waals surface area contributed by atoms with E-state index in [1.54, 1.807) is 0 Å². The Morgan fingerprint density at radius 2 is 1.88 bits per heavy atom. The smallest absolute Gasteiger partial charge is 0.206 e. The van der Waals surface area contributed by atoms with E-state index in [4.69, 9.17) is 5.84 Å². The molecule has 0 saturated heterocycles. The molecule has 2 aliphatic rings. The number of nitrogens with one attached hydrogen (secondary N) is 2. The molecule has 2 saturated carbocycles. The van der Waals surface area contributed by atoms with Crippen LogP contribution in [0.25, 0.3) is 0 Å². The van der Waals surface area contributed by atoms with Crippen LogP contribution in [-0.2, 0) is 0 Å². The van der Waals surface area contributed by atoms with Gasteiger partial charge in [-0.25, -0.2) is 10.8 Å². The highest BCUT2D eigenvalue weighted by Crippen LogP contribution is 2.26. The third-order valence-corrected chi connectivity index (χ3v) is 3.74.